The van der Waals surface area contributed by atoms with E-state index in [-0.39, 0.29) is 16.7 Å². The fourth-order valence-electron chi connectivity index (χ4n) is 3.49. The standard InChI is InChI=1S/C20H14Cl2F6N4O3/c21-12-7-2-1-4-9(12)15(33)31-17(35)30-13-8-29-32-16(34)18(13,22)10-5-3-6-11(19(23,24)25)14(10)20(26,27)28/h1-7,13,29H,8H2,(H,32,34)(H2,30,31,33,35). The zero-order valence-corrected chi connectivity index (χ0v) is 18.6. The maximum Gasteiger partial charge on any atom is 0.417 e. The number of imide groups is 1. The lowest BCUT2D eigenvalue weighted by Gasteiger charge is -2.40. The summed E-state index contributed by atoms with van der Waals surface area (Å²) in [5.41, 5.74) is -1.36. The monoisotopic (exact) mass is 542 g/mol. The first-order chi connectivity index (χ1) is 16.2. The van der Waals surface area contributed by atoms with E-state index < -0.39 is 64.3 Å². The van der Waals surface area contributed by atoms with Gasteiger partial charge in [-0.1, -0.05) is 35.9 Å². The molecule has 1 heterocycles. The van der Waals surface area contributed by atoms with Gasteiger partial charge in [0.25, 0.3) is 11.8 Å². The fraction of sp³-hybridized carbons (Fsp3) is 0.250. The van der Waals surface area contributed by atoms with Gasteiger partial charge in [0.2, 0.25) is 0 Å². The third-order valence-corrected chi connectivity index (χ3v) is 5.98. The number of hydrogen-bond acceptors (Lipinski definition) is 4. The fourth-order valence-corrected chi connectivity index (χ4v) is 4.05. The number of carbonyl (C=O) groups excluding carboxylic acids is 3. The normalized spacial score (nSPS) is 20.7. The number of benzene rings is 2. The quantitative estimate of drug-likeness (QED) is 0.348. The summed E-state index contributed by atoms with van der Waals surface area (Å²) in [4.78, 5) is 34.5. The Morgan fingerprint density at radius 3 is 2.26 bits per heavy atom. The van der Waals surface area contributed by atoms with E-state index in [9.17, 15) is 40.7 Å². The smallest absolute Gasteiger partial charge is 0.331 e. The Labute approximate surface area is 203 Å². The molecule has 35 heavy (non-hydrogen) atoms. The van der Waals surface area contributed by atoms with Crippen molar-refractivity contribution in [3.8, 4) is 0 Å². The third kappa shape index (κ3) is 5.31. The largest absolute Gasteiger partial charge is 0.417 e. The lowest BCUT2D eigenvalue weighted by molar-refractivity contribution is -0.163. The number of rotatable bonds is 3. The van der Waals surface area contributed by atoms with Crippen LogP contribution in [-0.4, -0.2) is 30.4 Å². The molecule has 2 aromatic rings. The van der Waals surface area contributed by atoms with Gasteiger partial charge in [0.15, 0.2) is 4.87 Å². The molecule has 0 aliphatic carbocycles. The topological polar surface area (TPSA) is 99.3 Å². The number of nitrogens with one attached hydrogen (secondary N) is 4. The zero-order valence-electron chi connectivity index (χ0n) is 17.1. The lowest BCUT2D eigenvalue weighted by Crippen LogP contribution is -2.68. The molecular formula is C20H14Cl2F6N4O3. The maximum absolute atomic E-state index is 13.8. The first kappa shape index (κ1) is 26.6. The first-order valence-corrected chi connectivity index (χ1v) is 10.3. The SMILES string of the molecule is O=C(NC(=O)c1ccccc1Cl)NC1CNNC(=O)C1(Cl)c1cccc(C(F)(F)F)c1C(F)(F)F. The summed E-state index contributed by atoms with van der Waals surface area (Å²) in [6, 6.07) is 4.05. The van der Waals surface area contributed by atoms with Gasteiger partial charge in [0.1, 0.15) is 0 Å². The molecule has 1 fully saturated rings. The van der Waals surface area contributed by atoms with E-state index >= 15 is 0 Å². The molecule has 3 rings (SSSR count). The van der Waals surface area contributed by atoms with Crippen LogP contribution in [0.15, 0.2) is 42.5 Å². The van der Waals surface area contributed by atoms with Crippen molar-refractivity contribution in [2.75, 3.05) is 6.54 Å². The molecule has 1 aliphatic heterocycles. The van der Waals surface area contributed by atoms with Gasteiger partial charge in [-0.3, -0.25) is 20.3 Å². The Bertz CT molecular complexity index is 1170. The van der Waals surface area contributed by atoms with Crippen LogP contribution in [0.3, 0.4) is 0 Å². The number of halogens is 8. The van der Waals surface area contributed by atoms with Gasteiger partial charge in [0.05, 0.1) is 27.8 Å². The van der Waals surface area contributed by atoms with Crippen molar-refractivity contribution in [2.45, 2.75) is 23.3 Å². The van der Waals surface area contributed by atoms with Crippen LogP contribution >= 0.6 is 23.2 Å². The predicted molar refractivity (Wildman–Crippen MR) is 111 cm³/mol. The Hall–Kier alpha value is -3.03. The van der Waals surface area contributed by atoms with Gasteiger partial charge in [-0.05, 0) is 23.8 Å². The molecule has 1 aliphatic rings. The molecule has 188 valence electrons. The predicted octanol–water partition coefficient (Wildman–Crippen LogP) is 3.95. The van der Waals surface area contributed by atoms with Crippen LogP contribution in [0, 0.1) is 0 Å². The van der Waals surface area contributed by atoms with Crippen LogP contribution in [0.25, 0.3) is 0 Å². The van der Waals surface area contributed by atoms with E-state index in [2.05, 4.69) is 10.7 Å². The molecule has 1 saturated heterocycles. The third-order valence-electron chi connectivity index (χ3n) is 5.01. The Morgan fingerprint density at radius 2 is 1.66 bits per heavy atom. The van der Waals surface area contributed by atoms with Crippen molar-refractivity contribution in [3.63, 3.8) is 0 Å². The van der Waals surface area contributed by atoms with Crippen LogP contribution in [0.4, 0.5) is 31.1 Å². The second-order valence-corrected chi connectivity index (χ2v) is 8.23. The summed E-state index contributed by atoms with van der Waals surface area (Å²) in [6.07, 6.45) is -11.0. The average Bonchev–Trinajstić information content (AvgIpc) is 2.75. The molecule has 2 atom stereocenters. The van der Waals surface area contributed by atoms with Gasteiger partial charge < -0.3 is 5.32 Å². The van der Waals surface area contributed by atoms with Crippen LogP contribution in [0.2, 0.25) is 5.02 Å². The zero-order chi connectivity index (χ0) is 26.2. The number of hydrazine groups is 1. The van der Waals surface area contributed by atoms with E-state index in [4.69, 9.17) is 23.2 Å². The van der Waals surface area contributed by atoms with Crippen molar-refractivity contribution < 1.29 is 40.7 Å². The molecule has 0 aromatic heterocycles. The second kappa shape index (κ2) is 9.55. The molecule has 2 aromatic carbocycles. The number of alkyl halides is 7. The number of amides is 4. The molecule has 7 nitrogen and oxygen atoms in total. The van der Waals surface area contributed by atoms with Crippen LogP contribution in [0.1, 0.15) is 27.0 Å². The molecule has 0 spiro atoms. The lowest BCUT2D eigenvalue weighted by atomic mass is 9.83. The average molecular weight is 543 g/mol. The summed E-state index contributed by atoms with van der Waals surface area (Å²) in [6.45, 7) is -0.503. The van der Waals surface area contributed by atoms with Crippen LogP contribution < -0.4 is 21.5 Å². The number of urea groups is 1. The minimum atomic E-state index is -5.57. The minimum absolute atomic E-state index is 0.0121. The van der Waals surface area contributed by atoms with Crippen molar-refractivity contribution in [3.05, 3.63) is 69.7 Å². The Morgan fingerprint density at radius 1 is 1.00 bits per heavy atom. The summed E-state index contributed by atoms with van der Waals surface area (Å²) < 4.78 is 81.7. The van der Waals surface area contributed by atoms with Crippen LogP contribution in [0.5, 0.6) is 0 Å². The Kier molecular flexibility index (Phi) is 7.25. The molecule has 0 radical (unpaired) electrons. The van der Waals surface area contributed by atoms with E-state index in [1.165, 1.54) is 24.3 Å². The Balaban J connectivity index is 2.01. The van der Waals surface area contributed by atoms with Gasteiger partial charge in [-0.25, -0.2) is 10.2 Å². The van der Waals surface area contributed by atoms with Gasteiger partial charge in [0, 0.05) is 6.54 Å². The summed E-state index contributed by atoms with van der Waals surface area (Å²) in [5, 5.41) is 3.94. The van der Waals surface area contributed by atoms with Crippen LogP contribution in [-0.2, 0) is 22.0 Å². The molecule has 4 N–H and O–H groups in total. The highest BCUT2D eigenvalue weighted by molar-refractivity contribution is 6.36. The second-order valence-electron chi connectivity index (χ2n) is 7.23. The highest BCUT2D eigenvalue weighted by Gasteiger charge is 2.55. The molecule has 15 heteroatoms. The molecule has 4 amide bonds. The van der Waals surface area contributed by atoms with Crippen molar-refractivity contribution in [2.24, 2.45) is 0 Å². The maximum atomic E-state index is 13.8. The minimum Gasteiger partial charge on any atom is -0.331 e. The van der Waals surface area contributed by atoms with Gasteiger partial charge in [-0.15, -0.1) is 11.6 Å². The summed E-state index contributed by atoms with van der Waals surface area (Å²) in [7, 11) is 0. The van der Waals surface area contributed by atoms with E-state index in [1.807, 2.05) is 10.7 Å². The summed E-state index contributed by atoms with van der Waals surface area (Å²) >= 11 is 12.2. The molecule has 0 saturated carbocycles. The van der Waals surface area contributed by atoms with Crippen molar-refractivity contribution in [1.29, 1.82) is 0 Å². The van der Waals surface area contributed by atoms with Gasteiger partial charge >= 0.3 is 18.4 Å². The number of hydrogen-bond donors (Lipinski definition) is 4. The number of carbonyl (C=O) groups is 3. The molecular weight excluding hydrogens is 529 g/mol. The highest BCUT2D eigenvalue weighted by atomic mass is 35.5. The van der Waals surface area contributed by atoms with Crippen molar-refractivity contribution >= 4 is 41.0 Å². The molecule has 2 unspecified atom stereocenters. The van der Waals surface area contributed by atoms with E-state index in [0.717, 1.165) is 0 Å². The molecule has 0 bridgehead atoms. The highest BCUT2D eigenvalue weighted by Crippen LogP contribution is 2.47. The van der Waals surface area contributed by atoms with E-state index in [0.29, 0.717) is 12.1 Å². The van der Waals surface area contributed by atoms with Gasteiger partial charge in [-0.2, -0.15) is 26.3 Å². The van der Waals surface area contributed by atoms with Crippen molar-refractivity contribution in [1.82, 2.24) is 21.5 Å². The first-order valence-electron chi connectivity index (χ1n) is 9.53. The van der Waals surface area contributed by atoms with E-state index in [1.54, 1.807) is 0 Å². The summed E-state index contributed by atoms with van der Waals surface area (Å²) in [5.74, 6) is -2.35.